The number of aliphatic imine (C=N–C) groups is 1. The minimum absolute atomic E-state index is 0.0553. The van der Waals surface area contributed by atoms with E-state index in [-0.39, 0.29) is 17.3 Å². The van der Waals surface area contributed by atoms with Crippen LogP contribution in [0.15, 0.2) is 65.6 Å². The third kappa shape index (κ3) is 4.01. The molecule has 1 N–H and O–H groups in total. The Morgan fingerprint density at radius 3 is 2.91 bits per heavy atom. The van der Waals surface area contributed by atoms with Gasteiger partial charge < -0.3 is 14.6 Å². The Kier molecular flexibility index (Phi) is 6.15. The maximum atomic E-state index is 14.0. The highest BCUT2D eigenvalue weighted by atomic mass is 19.1. The van der Waals surface area contributed by atoms with E-state index >= 15 is 0 Å². The van der Waals surface area contributed by atoms with Gasteiger partial charge in [0.2, 0.25) is 5.82 Å². The van der Waals surface area contributed by atoms with E-state index in [1.807, 2.05) is 18.3 Å². The predicted molar refractivity (Wildman–Crippen MR) is 129 cm³/mol. The van der Waals surface area contributed by atoms with Crippen molar-refractivity contribution in [2.24, 2.45) is 4.99 Å². The number of nitro groups is 1. The highest BCUT2D eigenvalue weighted by Crippen LogP contribution is 2.34. The Morgan fingerprint density at radius 2 is 2.24 bits per heavy atom. The van der Waals surface area contributed by atoms with Crippen molar-refractivity contribution in [1.29, 1.82) is 5.26 Å². The van der Waals surface area contributed by atoms with Crippen LogP contribution in [0.5, 0.6) is 5.75 Å². The molecule has 0 saturated carbocycles. The number of halogens is 1. The SMILES string of the molecule is C=C(/N=C(\C(C#N)=C/C)c1cn2c3c(cccc13)CCC2)Nc1cc([N+](=O)[O-])c(F)cc1OC. The lowest BCUT2D eigenvalue weighted by atomic mass is 9.99. The van der Waals surface area contributed by atoms with Crippen molar-refractivity contribution < 1.29 is 14.1 Å². The van der Waals surface area contributed by atoms with Crippen molar-refractivity contribution in [1.82, 2.24) is 4.57 Å². The average Bonchev–Trinajstić information content (AvgIpc) is 3.20. The van der Waals surface area contributed by atoms with Crippen molar-refractivity contribution >= 4 is 28.0 Å². The van der Waals surface area contributed by atoms with E-state index in [2.05, 4.69) is 33.6 Å². The van der Waals surface area contributed by atoms with Gasteiger partial charge in [-0.25, -0.2) is 4.99 Å². The molecule has 0 unspecified atom stereocenters. The zero-order valence-electron chi connectivity index (χ0n) is 18.8. The van der Waals surface area contributed by atoms with Crippen LogP contribution < -0.4 is 10.1 Å². The van der Waals surface area contributed by atoms with Crippen LogP contribution in [-0.2, 0) is 13.0 Å². The van der Waals surface area contributed by atoms with Crippen molar-refractivity contribution in [3.8, 4) is 11.8 Å². The summed E-state index contributed by atoms with van der Waals surface area (Å²) in [7, 11) is 1.32. The monoisotopic (exact) mass is 459 g/mol. The van der Waals surface area contributed by atoms with Gasteiger partial charge in [0.1, 0.15) is 17.6 Å². The molecule has 0 aliphatic carbocycles. The number of rotatable bonds is 7. The number of aromatic nitrogens is 1. The summed E-state index contributed by atoms with van der Waals surface area (Å²) in [6.45, 7) is 6.53. The summed E-state index contributed by atoms with van der Waals surface area (Å²) < 4.78 is 21.3. The highest BCUT2D eigenvalue weighted by Gasteiger charge is 2.22. The lowest BCUT2D eigenvalue weighted by Gasteiger charge is -2.14. The summed E-state index contributed by atoms with van der Waals surface area (Å²) in [5, 5.41) is 24.8. The summed E-state index contributed by atoms with van der Waals surface area (Å²) in [4.78, 5) is 14.9. The van der Waals surface area contributed by atoms with Gasteiger partial charge in [-0.2, -0.15) is 9.65 Å². The third-order valence-corrected chi connectivity index (χ3v) is 5.74. The van der Waals surface area contributed by atoms with Gasteiger partial charge in [0, 0.05) is 35.8 Å². The number of allylic oxidation sites excluding steroid dienone is 2. The van der Waals surface area contributed by atoms with Crippen LogP contribution in [0.4, 0.5) is 15.8 Å². The summed E-state index contributed by atoms with van der Waals surface area (Å²) in [6, 6.07) is 10.2. The quantitative estimate of drug-likeness (QED) is 0.218. The molecule has 1 aliphatic rings. The normalized spacial score (nSPS) is 13.5. The van der Waals surface area contributed by atoms with Gasteiger partial charge in [0.05, 0.1) is 34.5 Å². The fourth-order valence-corrected chi connectivity index (χ4v) is 4.23. The van der Waals surface area contributed by atoms with Gasteiger partial charge in [0.25, 0.3) is 0 Å². The summed E-state index contributed by atoms with van der Waals surface area (Å²) >= 11 is 0. The largest absolute Gasteiger partial charge is 0.494 e. The van der Waals surface area contributed by atoms with Gasteiger partial charge in [-0.15, -0.1) is 0 Å². The number of nitro benzene ring substituents is 1. The van der Waals surface area contributed by atoms with Crippen LogP contribution in [0.1, 0.15) is 24.5 Å². The van der Waals surface area contributed by atoms with E-state index in [0.717, 1.165) is 48.0 Å². The molecule has 9 heteroatoms. The number of nitrogens with one attached hydrogen (secondary N) is 1. The molecular formula is C25H22FN5O3. The first-order valence-electron chi connectivity index (χ1n) is 10.6. The fourth-order valence-electron chi connectivity index (χ4n) is 4.23. The lowest BCUT2D eigenvalue weighted by molar-refractivity contribution is -0.387. The average molecular weight is 459 g/mol. The molecule has 0 spiro atoms. The zero-order valence-corrected chi connectivity index (χ0v) is 18.8. The van der Waals surface area contributed by atoms with Crippen LogP contribution in [0, 0.1) is 27.3 Å². The summed E-state index contributed by atoms with van der Waals surface area (Å²) in [5.41, 5.74) is 3.34. The van der Waals surface area contributed by atoms with Gasteiger partial charge >= 0.3 is 5.69 Å². The molecule has 0 atom stereocenters. The van der Waals surface area contributed by atoms with Crippen molar-refractivity contribution in [2.75, 3.05) is 12.4 Å². The van der Waals surface area contributed by atoms with E-state index in [9.17, 15) is 19.8 Å². The second-order valence-corrected chi connectivity index (χ2v) is 7.76. The number of hydrogen-bond donors (Lipinski definition) is 1. The number of benzene rings is 2. The Morgan fingerprint density at radius 1 is 1.44 bits per heavy atom. The molecule has 4 rings (SSSR count). The maximum Gasteiger partial charge on any atom is 0.307 e. The van der Waals surface area contributed by atoms with Gasteiger partial charge in [-0.05, 0) is 25.3 Å². The van der Waals surface area contributed by atoms with Gasteiger partial charge in [-0.3, -0.25) is 10.1 Å². The summed E-state index contributed by atoms with van der Waals surface area (Å²) in [5.74, 6) is -0.854. The number of ether oxygens (including phenoxy) is 1. The van der Waals surface area contributed by atoms with Crippen molar-refractivity contribution in [3.63, 3.8) is 0 Å². The molecule has 0 radical (unpaired) electrons. The molecular weight excluding hydrogens is 437 g/mol. The van der Waals surface area contributed by atoms with E-state index < -0.39 is 16.4 Å². The summed E-state index contributed by atoms with van der Waals surface area (Å²) in [6.07, 6.45) is 5.67. The Balaban J connectivity index is 1.81. The van der Waals surface area contributed by atoms with E-state index in [1.54, 1.807) is 13.0 Å². The lowest BCUT2D eigenvalue weighted by Crippen LogP contribution is -2.08. The number of methoxy groups -OCH3 is 1. The molecule has 34 heavy (non-hydrogen) atoms. The van der Waals surface area contributed by atoms with Crippen molar-refractivity contribution in [2.45, 2.75) is 26.3 Å². The number of para-hydroxylation sites is 1. The Bertz CT molecular complexity index is 1430. The first-order valence-corrected chi connectivity index (χ1v) is 10.6. The zero-order chi connectivity index (χ0) is 24.4. The second kappa shape index (κ2) is 9.19. The van der Waals surface area contributed by atoms with Crippen molar-refractivity contribution in [3.05, 3.63) is 87.6 Å². The molecule has 1 aromatic heterocycles. The number of anilines is 1. The molecule has 172 valence electrons. The molecule has 3 aromatic rings. The minimum atomic E-state index is -1.02. The van der Waals surface area contributed by atoms with Crippen LogP contribution in [0.3, 0.4) is 0 Å². The first kappa shape index (κ1) is 22.7. The molecule has 1 aliphatic heterocycles. The topological polar surface area (TPSA) is 105 Å². The van der Waals surface area contributed by atoms with Crippen LogP contribution in [0.2, 0.25) is 0 Å². The highest BCUT2D eigenvalue weighted by molar-refractivity contribution is 6.21. The van der Waals surface area contributed by atoms with Crippen LogP contribution >= 0.6 is 0 Å². The molecule has 0 fully saturated rings. The predicted octanol–water partition coefficient (Wildman–Crippen LogP) is 5.49. The molecule has 0 bridgehead atoms. The minimum Gasteiger partial charge on any atom is -0.494 e. The smallest absolute Gasteiger partial charge is 0.307 e. The van der Waals surface area contributed by atoms with E-state index in [1.165, 1.54) is 12.7 Å². The molecule has 0 saturated heterocycles. The Hall–Kier alpha value is -4.45. The maximum absolute atomic E-state index is 14.0. The number of nitrogens with zero attached hydrogens (tertiary/aromatic N) is 4. The third-order valence-electron chi connectivity index (χ3n) is 5.74. The first-order chi connectivity index (χ1) is 16.4. The van der Waals surface area contributed by atoms with Crippen LogP contribution in [-0.4, -0.2) is 22.3 Å². The van der Waals surface area contributed by atoms with Gasteiger partial charge in [-0.1, -0.05) is 30.9 Å². The van der Waals surface area contributed by atoms with E-state index in [4.69, 9.17) is 4.74 Å². The van der Waals surface area contributed by atoms with Gasteiger partial charge in [0.15, 0.2) is 0 Å². The number of aryl methyl sites for hydroxylation is 2. The fraction of sp³-hybridized carbons (Fsp3) is 0.200. The molecule has 0 amide bonds. The number of hydrogen-bond acceptors (Lipinski definition) is 6. The molecule has 8 nitrogen and oxygen atoms in total. The van der Waals surface area contributed by atoms with Crippen LogP contribution in [0.25, 0.3) is 10.9 Å². The molecule has 2 aromatic carbocycles. The second-order valence-electron chi connectivity index (χ2n) is 7.76. The van der Waals surface area contributed by atoms with E-state index in [0.29, 0.717) is 11.3 Å². The molecule has 2 heterocycles. The number of nitriles is 1. The Labute approximate surface area is 195 Å². The standard InChI is InChI=1S/C25H22FN5O3/c1-4-16(13-27)24(19-14-30-10-6-8-17-7-5-9-18(19)25(17)30)29-15(2)28-21-12-22(31(32)33)20(26)11-23(21)34-3/h4-5,7,9,11-12,14,28H,2,6,8,10H2,1,3H3/b16-4-,29-24+.